The van der Waals surface area contributed by atoms with E-state index >= 15 is 0 Å². The van der Waals surface area contributed by atoms with E-state index in [-0.39, 0.29) is 5.97 Å². The largest absolute Gasteiger partial charge is 0.462 e. The minimum atomic E-state index is -0.254. The zero-order valence-electron chi connectivity index (χ0n) is 10.1. The molecule has 0 spiro atoms. The van der Waals surface area contributed by atoms with Crippen molar-refractivity contribution in [2.24, 2.45) is 0 Å². The minimum absolute atomic E-state index is 0.254. The van der Waals surface area contributed by atoms with Crippen LogP contribution in [0.5, 0.6) is 0 Å². The third-order valence-corrected chi connectivity index (χ3v) is 2.50. The van der Waals surface area contributed by atoms with E-state index in [1.165, 1.54) is 5.56 Å². The highest BCUT2D eigenvalue weighted by Crippen LogP contribution is 2.08. The zero-order valence-corrected chi connectivity index (χ0v) is 10.1. The Kier molecular flexibility index (Phi) is 4.99. The van der Waals surface area contributed by atoms with Crippen LogP contribution in [0.4, 0.5) is 0 Å². The molecule has 0 bridgehead atoms. The Morgan fingerprint density at radius 3 is 2.50 bits per heavy atom. The molecule has 0 heterocycles. The number of hydrogen-bond donors (Lipinski definition) is 1. The molecule has 0 aliphatic heterocycles. The predicted octanol–water partition coefficient (Wildman–Crippen LogP) is 2.01. The molecule has 1 N–H and O–H groups in total. The van der Waals surface area contributed by atoms with Crippen LogP contribution in [0, 0.1) is 0 Å². The van der Waals surface area contributed by atoms with E-state index in [1.807, 2.05) is 31.3 Å². The normalized spacial score (nSPS) is 12.2. The smallest absolute Gasteiger partial charge is 0.338 e. The number of ether oxygens (including phenoxy) is 1. The van der Waals surface area contributed by atoms with E-state index in [1.54, 1.807) is 6.92 Å². The Labute approximate surface area is 96.8 Å². The van der Waals surface area contributed by atoms with Gasteiger partial charge in [0.25, 0.3) is 0 Å². The summed E-state index contributed by atoms with van der Waals surface area (Å²) >= 11 is 0. The van der Waals surface area contributed by atoms with Crippen LogP contribution in [0.25, 0.3) is 0 Å². The molecule has 1 aromatic carbocycles. The van der Waals surface area contributed by atoms with E-state index in [0.29, 0.717) is 18.2 Å². The van der Waals surface area contributed by atoms with Crippen LogP contribution < -0.4 is 5.32 Å². The molecule has 0 amide bonds. The Balaban J connectivity index is 2.64. The van der Waals surface area contributed by atoms with Gasteiger partial charge in [0.1, 0.15) is 0 Å². The third-order valence-electron chi connectivity index (χ3n) is 2.50. The lowest BCUT2D eigenvalue weighted by atomic mass is 10.1. The maximum atomic E-state index is 11.4. The lowest BCUT2D eigenvalue weighted by molar-refractivity contribution is 0.0526. The van der Waals surface area contributed by atoms with Gasteiger partial charge < -0.3 is 10.1 Å². The van der Waals surface area contributed by atoms with Crippen molar-refractivity contribution >= 4 is 5.97 Å². The SMILES string of the molecule is CCOC(=O)c1ccc(CC(C)NC)cc1. The zero-order chi connectivity index (χ0) is 12.0. The Hall–Kier alpha value is -1.35. The molecule has 1 aromatic rings. The molecule has 1 rings (SSSR count). The highest BCUT2D eigenvalue weighted by molar-refractivity contribution is 5.89. The molecule has 0 fully saturated rings. The van der Waals surface area contributed by atoms with Gasteiger partial charge in [-0.1, -0.05) is 12.1 Å². The van der Waals surface area contributed by atoms with Crippen molar-refractivity contribution in [3.8, 4) is 0 Å². The van der Waals surface area contributed by atoms with Crippen LogP contribution in [0.2, 0.25) is 0 Å². The topological polar surface area (TPSA) is 38.3 Å². The quantitative estimate of drug-likeness (QED) is 0.773. The molecular weight excluding hydrogens is 202 g/mol. The molecule has 1 atom stereocenters. The van der Waals surface area contributed by atoms with Crippen LogP contribution in [0.15, 0.2) is 24.3 Å². The van der Waals surface area contributed by atoms with Gasteiger partial charge in [-0.25, -0.2) is 4.79 Å². The fourth-order valence-electron chi connectivity index (χ4n) is 1.45. The van der Waals surface area contributed by atoms with Crippen molar-refractivity contribution in [2.75, 3.05) is 13.7 Å². The maximum Gasteiger partial charge on any atom is 0.338 e. The number of hydrogen-bond acceptors (Lipinski definition) is 3. The van der Waals surface area contributed by atoms with Crippen molar-refractivity contribution in [1.82, 2.24) is 5.32 Å². The molecule has 1 unspecified atom stereocenters. The van der Waals surface area contributed by atoms with Crippen LogP contribution in [0.3, 0.4) is 0 Å². The summed E-state index contributed by atoms with van der Waals surface area (Å²) in [7, 11) is 1.94. The molecule has 0 saturated carbocycles. The van der Waals surface area contributed by atoms with E-state index in [0.717, 1.165) is 6.42 Å². The number of benzene rings is 1. The van der Waals surface area contributed by atoms with Gasteiger partial charge in [-0.2, -0.15) is 0 Å². The monoisotopic (exact) mass is 221 g/mol. The number of nitrogens with one attached hydrogen (secondary N) is 1. The highest BCUT2D eigenvalue weighted by atomic mass is 16.5. The molecule has 3 heteroatoms. The molecule has 0 saturated heterocycles. The first-order valence-electron chi connectivity index (χ1n) is 5.60. The number of carbonyl (C=O) groups excluding carboxylic acids is 1. The average molecular weight is 221 g/mol. The number of rotatable bonds is 5. The number of carbonyl (C=O) groups is 1. The fraction of sp³-hybridized carbons (Fsp3) is 0.462. The van der Waals surface area contributed by atoms with Gasteiger partial charge in [0.2, 0.25) is 0 Å². The molecule has 0 aliphatic carbocycles. The lowest BCUT2D eigenvalue weighted by Gasteiger charge is -2.10. The van der Waals surface area contributed by atoms with E-state index in [4.69, 9.17) is 4.74 Å². The molecular formula is C13H19NO2. The van der Waals surface area contributed by atoms with Crippen molar-refractivity contribution < 1.29 is 9.53 Å². The van der Waals surface area contributed by atoms with Gasteiger partial charge in [-0.15, -0.1) is 0 Å². The molecule has 0 aromatic heterocycles. The summed E-state index contributed by atoms with van der Waals surface area (Å²) in [4.78, 5) is 11.4. The average Bonchev–Trinajstić information content (AvgIpc) is 2.30. The van der Waals surface area contributed by atoms with Crippen LogP contribution in [0.1, 0.15) is 29.8 Å². The van der Waals surface area contributed by atoms with E-state index in [9.17, 15) is 4.79 Å². The second-order valence-corrected chi connectivity index (χ2v) is 3.81. The van der Waals surface area contributed by atoms with Crippen molar-refractivity contribution in [1.29, 1.82) is 0 Å². The second-order valence-electron chi connectivity index (χ2n) is 3.81. The summed E-state index contributed by atoms with van der Waals surface area (Å²) < 4.78 is 4.92. The lowest BCUT2D eigenvalue weighted by Crippen LogP contribution is -2.23. The molecule has 0 aliphatic rings. The van der Waals surface area contributed by atoms with Crippen molar-refractivity contribution in [3.63, 3.8) is 0 Å². The minimum Gasteiger partial charge on any atom is -0.462 e. The van der Waals surface area contributed by atoms with E-state index < -0.39 is 0 Å². The summed E-state index contributed by atoms with van der Waals surface area (Å²) in [6, 6.07) is 8.01. The van der Waals surface area contributed by atoms with Gasteiger partial charge >= 0.3 is 5.97 Å². The van der Waals surface area contributed by atoms with Crippen molar-refractivity contribution in [3.05, 3.63) is 35.4 Å². The maximum absolute atomic E-state index is 11.4. The fourth-order valence-corrected chi connectivity index (χ4v) is 1.45. The molecule has 16 heavy (non-hydrogen) atoms. The van der Waals surface area contributed by atoms with Crippen molar-refractivity contribution in [2.45, 2.75) is 26.3 Å². The summed E-state index contributed by atoms with van der Waals surface area (Å²) in [6.07, 6.45) is 0.958. The summed E-state index contributed by atoms with van der Waals surface area (Å²) in [6.45, 7) is 4.34. The Bertz CT molecular complexity index is 332. The summed E-state index contributed by atoms with van der Waals surface area (Å²) in [5.41, 5.74) is 1.83. The Morgan fingerprint density at radius 2 is 2.00 bits per heavy atom. The van der Waals surface area contributed by atoms with Crippen LogP contribution in [-0.4, -0.2) is 25.7 Å². The summed E-state index contributed by atoms with van der Waals surface area (Å²) in [5, 5.41) is 3.18. The van der Waals surface area contributed by atoms with Gasteiger partial charge in [0.05, 0.1) is 12.2 Å². The predicted molar refractivity (Wildman–Crippen MR) is 64.6 cm³/mol. The standard InChI is InChI=1S/C13H19NO2/c1-4-16-13(15)12-7-5-11(6-8-12)9-10(2)14-3/h5-8,10,14H,4,9H2,1-3H3. The third kappa shape index (κ3) is 3.66. The van der Waals surface area contributed by atoms with Gasteiger partial charge in [0.15, 0.2) is 0 Å². The summed E-state index contributed by atoms with van der Waals surface area (Å²) in [5.74, 6) is -0.254. The first-order chi connectivity index (χ1) is 7.67. The van der Waals surface area contributed by atoms with Gasteiger partial charge in [0, 0.05) is 6.04 Å². The van der Waals surface area contributed by atoms with Crippen LogP contribution >= 0.6 is 0 Å². The highest BCUT2D eigenvalue weighted by Gasteiger charge is 2.06. The van der Waals surface area contributed by atoms with Gasteiger partial charge in [-0.05, 0) is 45.0 Å². The van der Waals surface area contributed by atoms with Crippen LogP contribution in [-0.2, 0) is 11.2 Å². The first kappa shape index (κ1) is 12.7. The van der Waals surface area contributed by atoms with E-state index in [2.05, 4.69) is 12.2 Å². The first-order valence-corrected chi connectivity index (χ1v) is 5.60. The Morgan fingerprint density at radius 1 is 1.38 bits per heavy atom. The molecule has 0 radical (unpaired) electrons. The molecule has 88 valence electrons. The van der Waals surface area contributed by atoms with Gasteiger partial charge in [-0.3, -0.25) is 0 Å². The number of likely N-dealkylation sites (N-methyl/N-ethyl adjacent to an activating group) is 1. The number of esters is 1. The second kappa shape index (κ2) is 6.28. The molecule has 3 nitrogen and oxygen atoms in total.